The van der Waals surface area contributed by atoms with Crippen molar-refractivity contribution in [3.8, 4) is 44.8 Å². The first-order valence-corrected chi connectivity index (χ1v) is 15.3. The van der Waals surface area contributed by atoms with E-state index in [0.29, 0.717) is 5.95 Å². The van der Waals surface area contributed by atoms with Gasteiger partial charge in [0.1, 0.15) is 0 Å². The van der Waals surface area contributed by atoms with Gasteiger partial charge in [0.15, 0.2) is 0 Å². The average molecular weight is 574 g/mol. The highest BCUT2D eigenvalue weighted by Gasteiger charge is 2.47. The lowest BCUT2D eigenvalue weighted by Gasteiger charge is -2.46. The summed E-state index contributed by atoms with van der Waals surface area (Å²) in [6, 6.07) is 57.7. The van der Waals surface area contributed by atoms with Crippen LogP contribution in [0.1, 0.15) is 0 Å². The second kappa shape index (κ2) is 10.4. The van der Waals surface area contributed by atoms with Crippen LogP contribution in [0.15, 0.2) is 164 Å². The molecule has 45 heavy (non-hydrogen) atoms. The molecule has 0 N–H and O–H groups in total. The van der Waals surface area contributed by atoms with E-state index >= 15 is 0 Å². The maximum Gasteiger partial charge on any atom is 0.424 e. The van der Waals surface area contributed by atoms with E-state index in [1.54, 1.807) is 0 Å². The highest BCUT2D eigenvalue weighted by atomic mass is 15.3. The molecule has 3 heterocycles. The summed E-state index contributed by atoms with van der Waals surface area (Å²) >= 11 is 0. The fraction of sp³-hybridized carbons (Fsp3) is 0. The van der Waals surface area contributed by atoms with E-state index in [0.717, 1.165) is 39.6 Å². The van der Waals surface area contributed by atoms with Crippen LogP contribution in [0.5, 0.6) is 0 Å². The molecular formula is C40H27BN4. The van der Waals surface area contributed by atoms with E-state index in [2.05, 4.69) is 161 Å². The fourth-order valence-corrected chi connectivity index (χ4v) is 6.92. The molecule has 2 aliphatic heterocycles. The minimum Gasteiger partial charge on any atom is -0.361 e. The van der Waals surface area contributed by atoms with Gasteiger partial charge in [-0.2, -0.15) is 0 Å². The van der Waals surface area contributed by atoms with Crippen LogP contribution >= 0.6 is 0 Å². The van der Waals surface area contributed by atoms with Crippen molar-refractivity contribution >= 4 is 35.5 Å². The van der Waals surface area contributed by atoms with Crippen molar-refractivity contribution in [3.05, 3.63) is 164 Å². The van der Waals surface area contributed by atoms with Gasteiger partial charge in [-0.3, -0.25) is 0 Å². The lowest BCUT2D eigenvalue weighted by molar-refractivity contribution is 1.10. The molecule has 4 nitrogen and oxygen atoms in total. The van der Waals surface area contributed by atoms with Crippen molar-refractivity contribution in [2.24, 2.45) is 0 Å². The molecule has 5 heteroatoms. The SMILES string of the molecule is c1ccc(-c2cc(-c3ccccc3)nc(N3B4c5c(cccc5-c5ccccc53)-c3ccccc3N4c3ccccc3)n2)cc1. The third-order valence-corrected chi connectivity index (χ3v) is 8.86. The van der Waals surface area contributed by atoms with Gasteiger partial charge in [-0.1, -0.05) is 133 Å². The summed E-state index contributed by atoms with van der Waals surface area (Å²) in [4.78, 5) is 15.5. The molecule has 0 saturated carbocycles. The first kappa shape index (κ1) is 25.6. The largest absolute Gasteiger partial charge is 0.424 e. The van der Waals surface area contributed by atoms with Gasteiger partial charge < -0.3 is 9.62 Å². The molecule has 0 bridgehead atoms. The van der Waals surface area contributed by atoms with Crippen molar-refractivity contribution < 1.29 is 0 Å². The van der Waals surface area contributed by atoms with E-state index in [1.807, 2.05) is 12.1 Å². The maximum atomic E-state index is 5.35. The quantitative estimate of drug-likeness (QED) is 0.196. The normalized spacial score (nSPS) is 12.8. The number of hydrogen-bond acceptors (Lipinski definition) is 4. The predicted octanol–water partition coefficient (Wildman–Crippen LogP) is 9.14. The maximum absolute atomic E-state index is 5.35. The third-order valence-electron chi connectivity index (χ3n) is 8.86. The number of anilines is 4. The second-order valence-corrected chi connectivity index (χ2v) is 11.4. The predicted molar refractivity (Wildman–Crippen MR) is 186 cm³/mol. The van der Waals surface area contributed by atoms with Crippen LogP contribution in [-0.2, 0) is 0 Å². The molecule has 0 atom stereocenters. The summed E-state index contributed by atoms with van der Waals surface area (Å²) in [5.74, 6) is 0.661. The van der Waals surface area contributed by atoms with Crippen molar-refractivity contribution in [1.29, 1.82) is 0 Å². The number of nitrogens with zero attached hydrogens (tertiary/aromatic N) is 4. The Balaban J connectivity index is 1.37. The highest BCUT2D eigenvalue weighted by Crippen LogP contribution is 2.48. The Bertz CT molecular complexity index is 2110. The molecule has 210 valence electrons. The van der Waals surface area contributed by atoms with E-state index in [4.69, 9.17) is 9.97 Å². The van der Waals surface area contributed by atoms with Gasteiger partial charge in [-0.15, -0.1) is 0 Å². The summed E-state index contributed by atoms with van der Waals surface area (Å²) < 4.78 is 0. The van der Waals surface area contributed by atoms with E-state index in [9.17, 15) is 0 Å². The summed E-state index contributed by atoms with van der Waals surface area (Å²) in [5, 5.41) is 0. The molecule has 7 aromatic rings. The van der Waals surface area contributed by atoms with Gasteiger partial charge in [0.25, 0.3) is 0 Å². The fourth-order valence-electron chi connectivity index (χ4n) is 6.92. The molecule has 6 aromatic carbocycles. The Morgan fingerprint density at radius 1 is 0.400 bits per heavy atom. The number of fused-ring (bicyclic) bond motifs is 4. The van der Waals surface area contributed by atoms with E-state index in [-0.39, 0.29) is 6.98 Å². The van der Waals surface area contributed by atoms with E-state index < -0.39 is 0 Å². The van der Waals surface area contributed by atoms with Gasteiger partial charge in [-0.25, -0.2) is 9.97 Å². The summed E-state index contributed by atoms with van der Waals surface area (Å²) in [6.45, 7) is -0.224. The Labute approximate surface area is 263 Å². The van der Waals surface area contributed by atoms with Crippen LogP contribution in [-0.4, -0.2) is 17.0 Å². The van der Waals surface area contributed by atoms with E-state index in [1.165, 1.54) is 27.7 Å². The summed E-state index contributed by atoms with van der Waals surface area (Å²) in [6.07, 6.45) is 0. The Morgan fingerprint density at radius 2 is 0.844 bits per heavy atom. The van der Waals surface area contributed by atoms with Gasteiger partial charge in [0.05, 0.1) is 11.4 Å². The zero-order valence-corrected chi connectivity index (χ0v) is 24.5. The topological polar surface area (TPSA) is 32.3 Å². The van der Waals surface area contributed by atoms with Crippen LogP contribution in [0.3, 0.4) is 0 Å². The van der Waals surface area contributed by atoms with Gasteiger partial charge in [0, 0.05) is 39.3 Å². The Hall–Kier alpha value is -5.94. The lowest BCUT2D eigenvalue weighted by Crippen LogP contribution is -2.62. The molecule has 2 aliphatic rings. The minimum atomic E-state index is -0.224. The number of rotatable bonds is 4. The van der Waals surface area contributed by atoms with Crippen LogP contribution < -0.4 is 15.1 Å². The van der Waals surface area contributed by atoms with Crippen LogP contribution in [0.4, 0.5) is 23.0 Å². The molecule has 0 aliphatic carbocycles. The molecule has 0 saturated heterocycles. The van der Waals surface area contributed by atoms with Gasteiger partial charge in [0.2, 0.25) is 5.95 Å². The summed E-state index contributed by atoms with van der Waals surface area (Å²) in [7, 11) is 0. The molecule has 0 spiro atoms. The van der Waals surface area contributed by atoms with Crippen LogP contribution in [0.25, 0.3) is 44.8 Å². The summed E-state index contributed by atoms with van der Waals surface area (Å²) in [5.41, 5.74) is 13.4. The number of para-hydroxylation sites is 3. The molecule has 0 amide bonds. The van der Waals surface area contributed by atoms with Crippen molar-refractivity contribution in [2.75, 3.05) is 9.62 Å². The van der Waals surface area contributed by atoms with Gasteiger partial charge >= 0.3 is 6.98 Å². The molecule has 0 unspecified atom stereocenters. The zero-order chi connectivity index (χ0) is 29.7. The molecule has 1 aromatic heterocycles. The van der Waals surface area contributed by atoms with Crippen molar-refractivity contribution in [1.82, 2.24) is 9.97 Å². The molecule has 0 radical (unpaired) electrons. The average Bonchev–Trinajstić information content (AvgIpc) is 3.13. The van der Waals surface area contributed by atoms with Crippen molar-refractivity contribution in [2.45, 2.75) is 0 Å². The number of aromatic nitrogens is 2. The zero-order valence-electron chi connectivity index (χ0n) is 24.5. The molecule has 9 rings (SSSR count). The van der Waals surface area contributed by atoms with Crippen LogP contribution in [0.2, 0.25) is 0 Å². The lowest BCUT2D eigenvalue weighted by atomic mass is 9.54. The Morgan fingerprint density at radius 3 is 1.40 bits per heavy atom. The standard InChI is InChI=1S/C40H27BN4/c1-4-15-28(16-5-1)35-27-36(29-17-6-2-7-18-29)43-40(42-35)45-38-26-13-11-22-32(38)34-24-14-23-33-31-21-10-12-25-37(31)44(41(45)39(33)34)30-19-8-3-9-20-30/h1-27H. The second-order valence-electron chi connectivity index (χ2n) is 11.4. The first-order chi connectivity index (χ1) is 22.3. The molecule has 0 fully saturated rings. The first-order valence-electron chi connectivity index (χ1n) is 15.3. The van der Waals surface area contributed by atoms with Crippen LogP contribution in [0, 0.1) is 0 Å². The third kappa shape index (κ3) is 4.09. The molecular weight excluding hydrogens is 547 g/mol. The monoisotopic (exact) mass is 574 g/mol. The smallest absolute Gasteiger partial charge is 0.361 e. The number of benzene rings is 6. The van der Waals surface area contributed by atoms with Crippen molar-refractivity contribution in [3.63, 3.8) is 0 Å². The minimum absolute atomic E-state index is 0.224. The van der Waals surface area contributed by atoms with Gasteiger partial charge in [-0.05, 0) is 46.9 Å². The Kier molecular flexibility index (Phi) is 5.88. The number of hydrogen-bond donors (Lipinski definition) is 0. The highest BCUT2D eigenvalue weighted by molar-refractivity contribution is 6.86.